The van der Waals surface area contributed by atoms with Crippen LogP contribution < -0.4 is 15.8 Å². The molecule has 9 heteroatoms. The second-order valence-corrected chi connectivity index (χ2v) is 5.57. The third-order valence-corrected chi connectivity index (χ3v) is 3.38. The van der Waals surface area contributed by atoms with E-state index in [9.17, 15) is 14.4 Å². The summed E-state index contributed by atoms with van der Waals surface area (Å²) in [5, 5.41) is 2.91. The third-order valence-electron chi connectivity index (χ3n) is 3.15. The van der Waals surface area contributed by atoms with E-state index in [1.165, 1.54) is 31.3 Å². The lowest BCUT2D eigenvalue weighted by molar-refractivity contribution is -0.155. The van der Waals surface area contributed by atoms with Gasteiger partial charge in [-0.3, -0.25) is 9.59 Å². The fraction of sp³-hybridized carbons (Fsp3) is 0.176. The van der Waals surface area contributed by atoms with Crippen LogP contribution >= 0.6 is 11.6 Å². The average molecular weight is 378 g/mol. The molecule has 0 aliphatic heterocycles. The Bertz CT molecular complexity index is 810. The van der Waals surface area contributed by atoms with Crippen molar-refractivity contribution in [1.29, 1.82) is 0 Å². The van der Waals surface area contributed by atoms with E-state index in [1.54, 1.807) is 18.2 Å². The monoisotopic (exact) mass is 377 g/mol. The molecule has 0 unspecified atom stereocenters. The Hall–Kier alpha value is -3.13. The Morgan fingerprint density at radius 3 is 2.62 bits per heavy atom. The number of nitrogens with zero attached hydrogens (tertiary/aromatic N) is 1. The van der Waals surface area contributed by atoms with Crippen molar-refractivity contribution in [3.63, 3.8) is 0 Å². The van der Waals surface area contributed by atoms with Crippen molar-refractivity contribution in [2.45, 2.75) is 13.0 Å². The predicted octanol–water partition coefficient (Wildman–Crippen LogP) is 1.78. The van der Waals surface area contributed by atoms with Gasteiger partial charge in [-0.1, -0.05) is 23.7 Å². The molecule has 0 saturated heterocycles. The fourth-order valence-corrected chi connectivity index (χ4v) is 2.01. The molecule has 0 radical (unpaired) electrons. The van der Waals surface area contributed by atoms with E-state index in [4.69, 9.17) is 26.8 Å². The Balaban J connectivity index is 1.86. The number of pyridine rings is 1. The minimum Gasteiger partial charge on any atom is -0.481 e. The van der Waals surface area contributed by atoms with Crippen LogP contribution in [0.2, 0.25) is 5.02 Å². The molecule has 3 N–H and O–H groups in total. The number of hydrogen-bond acceptors (Lipinski definition) is 6. The van der Waals surface area contributed by atoms with E-state index in [2.05, 4.69) is 10.3 Å². The van der Waals surface area contributed by atoms with Crippen LogP contribution in [0.4, 0.5) is 5.82 Å². The summed E-state index contributed by atoms with van der Waals surface area (Å²) in [5.41, 5.74) is 5.36. The SMILES string of the molecule is C[C@H](OC(=O)COc1ccccc1C(N)=O)C(=O)Nc1ccc(Cl)cn1. The quantitative estimate of drug-likeness (QED) is 0.709. The highest BCUT2D eigenvalue weighted by molar-refractivity contribution is 6.30. The van der Waals surface area contributed by atoms with Crippen LogP contribution in [0.1, 0.15) is 17.3 Å². The Kier molecular flexibility index (Phi) is 6.51. The Morgan fingerprint density at radius 2 is 1.96 bits per heavy atom. The van der Waals surface area contributed by atoms with Crippen LogP contribution in [-0.4, -0.2) is 35.5 Å². The molecule has 1 heterocycles. The first-order chi connectivity index (χ1) is 12.4. The van der Waals surface area contributed by atoms with E-state index in [-0.39, 0.29) is 17.1 Å². The van der Waals surface area contributed by atoms with Crippen molar-refractivity contribution in [1.82, 2.24) is 4.98 Å². The number of nitrogens with one attached hydrogen (secondary N) is 1. The maximum Gasteiger partial charge on any atom is 0.344 e. The van der Waals surface area contributed by atoms with Crippen LogP contribution in [0.5, 0.6) is 5.75 Å². The summed E-state index contributed by atoms with van der Waals surface area (Å²) in [4.78, 5) is 39.0. The molecule has 8 nitrogen and oxygen atoms in total. The van der Waals surface area contributed by atoms with E-state index < -0.39 is 30.5 Å². The number of esters is 1. The van der Waals surface area contributed by atoms with Crippen molar-refractivity contribution in [2.75, 3.05) is 11.9 Å². The van der Waals surface area contributed by atoms with Crippen LogP contribution in [0.15, 0.2) is 42.6 Å². The van der Waals surface area contributed by atoms with E-state index in [0.29, 0.717) is 5.02 Å². The summed E-state index contributed by atoms with van der Waals surface area (Å²) in [5.74, 6) is -1.60. The minimum absolute atomic E-state index is 0.139. The molecule has 1 aromatic heterocycles. The van der Waals surface area contributed by atoms with Gasteiger partial charge in [0.2, 0.25) is 0 Å². The number of primary amides is 1. The number of nitrogens with two attached hydrogens (primary N) is 1. The lowest BCUT2D eigenvalue weighted by Gasteiger charge is -2.14. The van der Waals surface area contributed by atoms with E-state index in [0.717, 1.165) is 0 Å². The number of hydrogen-bond donors (Lipinski definition) is 2. The summed E-state index contributed by atoms with van der Waals surface area (Å²) in [7, 11) is 0. The number of halogens is 1. The maximum atomic E-state index is 12.0. The minimum atomic E-state index is -1.07. The molecule has 26 heavy (non-hydrogen) atoms. The van der Waals surface area contributed by atoms with Gasteiger partial charge in [0.15, 0.2) is 12.7 Å². The second kappa shape index (κ2) is 8.82. The normalized spacial score (nSPS) is 11.3. The van der Waals surface area contributed by atoms with Crippen LogP contribution in [0, 0.1) is 0 Å². The number of amides is 2. The standard InChI is InChI=1S/C17H16ClN3O5/c1-10(17(24)21-14-7-6-11(18)8-20-14)26-15(22)9-25-13-5-3-2-4-12(13)16(19)23/h2-8,10H,9H2,1H3,(H2,19,23)(H,20,21,24)/t10-/m0/s1. The first kappa shape index (κ1) is 19.2. The number of carbonyl (C=O) groups is 3. The van der Waals surface area contributed by atoms with E-state index in [1.807, 2.05) is 0 Å². The molecule has 0 saturated carbocycles. The zero-order chi connectivity index (χ0) is 19.1. The van der Waals surface area contributed by atoms with Gasteiger partial charge in [0, 0.05) is 6.20 Å². The number of carbonyl (C=O) groups excluding carboxylic acids is 3. The van der Waals surface area contributed by atoms with Crippen LogP contribution in [0.3, 0.4) is 0 Å². The lowest BCUT2D eigenvalue weighted by Crippen LogP contribution is -2.32. The summed E-state index contributed by atoms with van der Waals surface area (Å²) >= 11 is 5.71. The molecule has 2 aromatic rings. The predicted molar refractivity (Wildman–Crippen MR) is 93.9 cm³/mol. The second-order valence-electron chi connectivity index (χ2n) is 5.13. The van der Waals surface area contributed by atoms with Gasteiger partial charge in [-0.2, -0.15) is 0 Å². The molecule has 1 atom stereocenters. The Labute approximate surface area is 154 Å². The van der Waals surface area contributed by atoms with Crippen molar-refractivity contribution < 1.29 is 23.9 Å². The number of anilines is 1. The highest BCUT2D eigenvalue weighted by Gasteiger charge is 2.19. The largest absolute Gasteiger partial charge is 0.481 e. The third kappa shape index (κ3) is 5.45. The van der Waals surface area contributed by atoms with Crippen LogP contribution in [0.25, 0.3) is 0 Å². The number of rotatable bonds is 7. The average Bonchev–Trinajstić information content (AvgIpc) is 2.62. The summed E-state index contributed by atoms with van der Waals surface area (Å²) < 4.78 is 10.2. The van der Waals surface area contributed by atoms with Gasteiger partial charge >= 0.3 is 5.97 Å². The molecule has 2 rings (SSSR count). The smallest absolute Gasteiger partial charge is 0.344 e. The molecule has 1 aromatic carbocycles. The highest BCUT2D eigenvalue weighted by atomic mass is 35.5. The molecule has 2 amide bonds. The molecule has 0 aliphatic rings. The van der Waals surface area contributed by atoms with Crippen molar-refractivity contribution in [3.05, 3.63) is 53.2 Å². The zero-order valence-corrected chi connectivity index (χ0v) is 14.5. The summed E-state index contributed by atoms with van der Waals surface area (Å²) in [6, 6.07) is 9.28. The maximum absolute atomic E-state index is 12.0. The molecule has 0 aliphatic carbocycles. The number of para-hydroxylation sites is 1. The first-order valence-electron chi connectivity index (χ1n) is 7.50. The summed E-state index contributed by atoms with van der Waals surface area (Å²) in [6.45, 7) is 0.918. The van der Waals surface area contributed by atoms with Gasteiger partial charge < -0.3 is 20.5 Å². The highest BCUT2D eigenvalue weighted by Crippen LogP contribution is 2.17. The topological polar surface area (TPSA) is 121 Å². The molecular formula is C17H16ClN3O5. The van der Waals surface area contributed by atoms with E-state index >= 15 is 0 Å². The number of ether oxygens (including phenoxy) is 2. The van der Waals surface area contributed by atoms with Crippen LogP contribution in [-0.2, 0) is 14.3 Å². The van der Waals surface area contributed by atoms with Gasteiger partial charge in [-0.05, 0) is 31.2 Å². The van der Waals surface area contributed by atoms with Gasteiger partial charge in [-0.25, -0.2) is 9.78 Å². The molecular weight excluding hydrogens is 362 g/mol. The number of benzene rings is 1. The molecule has 136 valence electrons. The van der Waals surface area contributed by atoms with Gasteiger partial charge in [0.1, 0.15) is 11.6 Å². The zero-order valence-electron chi connectivity index (χ0n) is 13.8. The number of aromatic nitrogens is 1. The van der Waals surface area contributed by atoms with Gasteiger partial charge in [0.05, 0.1) is 10.6 Å². The van der Waals surface area contributed by atoms with Gasteiger partial charge in [-0.15, -0.1) is 0 Å². The molecule has 0 bridgehead atoms. The van der Waals surface area contributed by atoms with Crippen molar-refractivity contribution in [2.24, 2.45) is 5.73 Å². The van der Waals surface area contributed by atoms with Gasteiger partial charge in [0.25, 0.3) is 11.8 Å². The fourth-order valence-electron chi connectivity index (χ4n) is 1.90. The summed E-state index contributed by atoms with van der Waals surface area (Å²) in [6.07, 6.45) is 0.299. The lowest BCUT2D eigenvalue weighted by atomic mass is 10.2. The molecule has 0 fully saturated rings. The van der Waals surface area contributed by atoms with Crippen molar-refractivity contribution in [3.8, 4) is 5.75 Å². The molecule has 0 spiro atoms. The Morgan fingerprint density at radius 1 is 1.23 bits per heavy atom. The van der Waals surface area contributed by atoms with Crippen molar-refractivity contribution >= 4 is 35.2 Å². The first-order valence-corrected chi connectivity index (χ1v) is 7.88.